The SMILES string of the molecule is COc1cccc(-c2cnc3c(c2)NCCC(OC2CCN(CC(=O)N4CCN(C(=O)c5cc(CC(=N)c6ccccc6C(N)=O)ccc5F)CC4)CC2)CCNC3=O)c1. The van der Waals surface area contributed by atoms with E-state index in [4.69, 9.17) is 20.6 Å². The summed E-state index contributed by atoms with van der Waals surface area (Å²) in [5, 5.41) is 15.0. The van der Waals surface area contributed by atoms with Gasteiger partial charge in [-0.2, -0.15) is 0 Å². The molecule has 3 aliphatic heterocycles. The molecule has 1 unspecified atom stereocenters. The number of hydrogen-bond donors (Lipinski definition) is 4. The van der Waals surface area contributed by atoms with Crippen LogP contribution in [-0.4, -0.2) is 127 Å². The Hall–Kier alpha value is -6.19. The number of nitrogens with zero attached hydrogens (tertiary/aromatic N) is 4. The monoisotopic (exact) mass is 818 g/mol. The zero-order valence-electron chi connectivity index (χ0n) is 33.8. The lowest BCUT2D eigenvalue weighted by Gasteiger charge is -2.37. The molecule has 0 saturated carbocycles. The predicted octanol–water partition coefficient (Wildman–Crippen LogP) is 4.38. The van der Waals surface area contributed by atoms with Gasteiger partial charge < -0.3 is 41.1 Å². The number of anilines is 1. The molecule has 0 aliphatic carbocycles. The highest BCUT2D eigenvalue weighted by atomic mass is 19.1. The average molecular weight is 819 g/mol. The van der Waals surface area contributed by atoms with Crippen LogP contribution >= 0.6 is 0 Å². The first-order valence-corrected chi connectivity index (χ1v) is 20.4. The molecule has 0 radical (unpaired) electrons. The Bertz CT molecular complexity index is 2240. The number of nitrogens with one attached hydrogen (secondary N) is 3. The van der Waals surface area contributed by atoms with Crippen molar-refractivity contribution in [3.63, 3.8) is 0 Å². The molecule has 60 heavy (non-hydrogen) atoms. The number of halogens is 1. The minimum Gasteiger partial charge on any atom is -0.497 e. The molecule has 14 nitrogen and oxygen atoms in total. The number of primary amides is 1. The Morgan fingerprint density at radius 1 is 0.817 bits per heavy atom. The number of ether oxygens (including phenoxy) is 2. The number of likely N-dealkylation sites (tertiary alicyclic amines) is 1. The van der Waals surface area contributed by atoms with Crippen molar-refractivity contribution in [1.29, 1.82) is 5.41 Å². The van der Waals surface area contributed by atoms with Crippen LogP contribution in [0.2, 0.25) is 0 Å². The fourth-order valence-electron chi connectivity index (χ4n) is 8.02. The molecule has 3 aromatic carbocycles. The summed E-state index contributed by atoms with van der Waals surface area (Å²) in [6, 6.07) is 20.4. The van der Waals surface area contributed by atoms with E-state index in [-0.39, 0.29) is 66.9 Å². The Morgan fingerprint density at radius 2 is 1.52 bits per heavy atom. The van der Waals surface area contributed by atoms with E-state index in [1.165, 1.54) is 18.2 Å². The van der Waals surface area contributed by atoms with Gasteiger partial charge in [0, 0.05) is 87.4 Å². The van der Waals surface area contributed by atoms with Gasteiger partial charge in [-0.05, 0) is 73.2 Å². The van der Waals surface area contributed by atoms with Crippen LogP contribution < -0.4 is 21.1 Å². The van der Waals surface area contributed by atoms with E-state index >= 15 is 0 Å². The second kappa shape index (κ2) is 19.3. The second-order valence-corrected chi connectivity index (χ2v) is 15.4. The predicted molar refractivity (Wildman–Crippen MR) is 225 cm³/mol. The average Bonchev–Trinajstić information content (AvgIpc) is 3.27. The molecule has 4 aromatic rings. The molecule has 4 amide bonds. The van der Waals surface area contributed by atoms with Gasteiger partial charge in [0.25, 0.3) is 11.8 Å². The molecule has 0 spiro atoms. The van der Waals surface area contributed by atoms with Gasteiger partial charge in [-0.3, -0.25) is 24.1 Å². The largest absolute Gasteiger partial charge is 0.497 e. The van der Waals surface area contributed by atoms with Crippen molar-refractivity contribution in [2.24, 2.45) is 5.73 Å². The van der Waals surface area contributed by atoms with Crippen LogP contribution in [0.3, 0.4) is 0 Å². The molecule has 15 heteroatoms. The van der Waals surface area contributed by atoms with Crippen molar-refractivity contribution >= 4 is 35.0 Å². The van der Waals surface area contributed by atoms with Crippen LogP contribution in [0.25, 0.3) is 11.1 Å². The van der Waals surface area contributed by atoms with Crippen LogP contribution in [0.4, 0.5) is 10.1 Å². The summed E-state index contributed by atoms with van der Waals surface area (Å²) in [5.74, 6) is -1.28. The summed E-state index contributed by atoms with van der Waals surface area (Å²) >= 11 is 0. The molecule has 314 valence electrons. The van der Waals surface area contributed by atoms with Gasteiger partial charge in [-0.15, -0.1) is 0 Å². The Balaban J connectivity index is 0.854. The van der Waals surface area contributed by atoms with E-state index in [1.54, 1.807) is 47.4 Å². The lowest BCUT2D eigenvalue weighted by molar-refractivity contribution is -0.135. The highest BCUT2D eigenvalue weighted by Crippen LogP contribution is 2.28. The van der Waals surface area contributed by atoms with Crippen LogP contribution in [0.5, 0.6) is 5.75 Å². The number of carbonyl (C=O) groups excluding carboxylic acids is 4. The van der Waals surface area contributed by atoms with E-state index in [0.717, 1.165) is 36.1 Å². The van der Waals surface area contributed by atoms with Gasteiger partial charge in [0.05, 0.1) is 37.1 Å². The van der Waals surface area contributed by atoms with E-state index < -0.39 is 17.6 Å². The van der Waals surface area contributed by atoms with Crippen molar-refractivity contribution in [3.05, 3.63) is 113 Å². The summed E-state index contributed by atoms with van der Waals surface area (Å²) in [6.45, 7) is 4.01. The minimum absolute atomic E-state index is 0.0112. The lowest BCUT2D eigenvalue weighted by atomic mass is 9.96. The molecular weight excluding hydrogens is 768 g/mol. The van der Waals surface area contributed by atoms with Crippen molar-refractivity contribution in [1.82, 2.24) is 25.0 Å². The summed E-state index contributed by atoms with van der Waals surface area (Å²) in [7, 11) is 1.63. The number of benzene rings is 3. The van der Waals surface area contributed by atoms with Crippen LogP contribution in [0, 0.1) is 11.2 Å². The van der Waals surface area contributed by atoms with Crippen molar-refractivity contribution in [2.45, 2.75) is 44.3 Å². The van der Waals surface area contributed by atoms with E-state index in [2.05, 4.69) is 20.5 Å². The zero-order valence-corrected chi connectivity index (χ0v) is 33.8. The van der Waals surface area contributed by atoms with E-state index in [1.807, 2.05) is 30.3 Å². The maximum atomic E-state index is 15.0. The number of piperidine rings is 1. The zero-order chi connectivity index (χ0) is 42.2. The number of fused-ring (bicyclic) bond motifs is 1. The molecule has 2 fully saturated rings. The first-order valence-electron chi connectivity index (χ1n) is 20.4. The quantitative estimate of drug-likeness (QED) is 0.160. The molecule has 1 aromatic heterocycles. The normalized spacial score (nSPS) is 17.8. The van der Waals surface area contributed by atoms with Crippen molar-refractivity contribution < 1.29 is 33.0 Å². The molecular formula is C45H51FN8O6. The smallest absolute Gasteiger partial charge is 0.272 e. The first kappa shape index (κ1) is 42.0. The molecule has 7 rings (SSSR count). The van der Waals surface area contributed by atoms with Crippen LogP contribution in [0.1, 0.15) is 68.0 Å². The number of pyridine rings is 1. The number of aromatic nitrogens is 1. The Labute approximate surface area is 348 Å². The van der Waals surface area contributed by atoms with Crippen LogP contribution in [0.15, 0.2) is 79.0 Å². The third-order valence-electron chi connectivity index (χ3n) is 11.4. The standard InChI is InChI=1S/C45H51FN8O6/c1-59-34-6-4-5-30(25-34)31-26-40-42(51-27-31)44(57)50-16-12-32(11-15-49-40)60-33-13-17-52(18-14-33)28-41(55)53-19-21-54(22-20-53)45(58)37-23-29(9-10-38(37)46)24-39(47)35-7-2-3-8-36(35)43(48)56/h2-10,23,25-27,32-33,47,49H,11-22,24,28H2,1H3,(H2,48,56)(H,50,57). The third-order valence-corrected chi connectivity index (χ3v) is 11.4. The van der Waals surface area contributed by atoms with Gasteiger partial charge in [0.2, 0.25) is 11.8 Å². The molecule has 2 saturated heterocycles. The highest BCUT2D eigenvalue weighted by molar-refractivity contribution is 6.09. The minimum atomic E-state index is -0.662. The maximum Gasteiger partial charge on any atom is 0.272 e. The number of hydrogen-bond acceptors (Lipinski definition) is 10. The third kappa shape index (κ3) is 10.1. The van der Waals surface area contributed by atoms with E-state index in [0.29, 0.717) is 68.2 Å². The Morgan fingerprint density at radius 3 is 2.25 bits per heavy atom. The maximum absolute atomic E-state index is 15.0. The number of nitrogens with two attached hydrogens (primary N) is 1. The first-order chi connectivity index (χ1) is 29.1. The molecule has 1 atom stereocenters. The number of piperazine rings is 1. The van der Waals surface area contributed by atoms with Crippen LogP contribution in [-0.2, 0) is 16.0 Å². The molecule has 0 bridgehead atoms. The van der Waals surface area contributed by atoms with Gasteiger partial charge in [-0.1, -0.05) is 36.4 Å². The summed E-state index contributed by atoms with van der Waals surface area (Å²) in [4.78, 5) is 61.7. The topological polar surface area (TPSA) is 183 Å². The molecule has 5 N–H and O–H groups in total. The van der Waals surface area contributed by atoms with Gasteiger partial charge in [0.1, 0.15) is 11.6 Å². The fraction of sp³-hybridized carbons (Fsp3) is 0.378. The lowest BCUT2D eigenvalue weighted by Crippen LogP contribution is -2.53. The molecule has 4 heterocycles. The van der Waals surface area contributed by atoms with Crippen molar-refractivity contribution in [2.75, 3.05) is 71.3 Å². The number of methoxy groups -OCH3 is 1. The van der Waals surface area contributed by atoms with E-state index in [9.17, 15) is 23.6 Å². The molecule has 3 aliphatic rings. The summed E-state index contributed by atoms with van der Waals surface area (Å²) in [6.07, 6.45) is 4.76. The summed E-state index contributed by atoms with van der Waals surface area (Å²) < 4.78 is 26.9. The van der Waals surface area contributed by atoms with Gasteiger partial charge in [0.15, 0.2) is 5.69 Å². The number of amides is 4. The second-order valence-electron chi connectivity index (χ2n) is 15.4. The number of carbonyl (C=O) groups is 4. The Kier molecular flexibility index (Phi) is 13.5. The number of rotatable bonds is 11. The summed E-state index contributed by atoms with van der Waals surface area (Å²) in [5.41, 5.74) is 9.51. The van der Waals surface area contributed by atoms with Gasteiger partial charge >= 0.3 is 0 Å². The van der Waals surface area contributed by atoms with Crippen molar-refractivity contribution in [3.8, 4) is 16.9 Å². The fourth-order valence-corrected chi connectivity index (χ4v) is 8.02. The highest BCUT2D eigenvalue weighted by Gasteiger charge is 2.30. The van der Waals surface area contributed by atoms with Gasteiger partial charge in [-0.25, -0.2) is 9.37 Å².